The van der Waals surface area contributed by atoms with Gasteiger partial charge in [0.2, 0.25) is 0 Å². The van der Waals surface area contributed by atoms with E-state index in [0.29, 0.717) is 5.54 Å². The zero-order valence-electron chi connectivity index (χ0n) is 13.6. The molecule has 2 nitrogen and oxygen atoms in total. The quantitative estimate of drug-likeness (QED) is 0.838. The van der Waals surface area contributed by atoms with Gasteiger partial charge in [-0.25, -0.2) is 4.39 Å². The van der Waals surface area contributed by atoms with Crippen LogP contribution in [0.2, 0.25) is 0 Å². The summed E-state index contributed by atoms with van der Waals surface area (Å²) in [6.45, 7) is 4.53. The molecule has 2 aliphatic rings. The van der Waals surface area contributed by atoms with Crippen molar-refractivity contribution < 1.29 is 4.39 Å². The molecule has 0 radical (unpaired) electrons. The molecule has 1 heterocycles. The lowest BCUT2D eigenvalue weighted by molar-refractivity contribution is -0.0100. The van der Waals surface area contributed by atoms with Gasteiger partial charge in [0.1, 0.15) is 5.82 Å². The van der Waals surface area contributed by atoms with Crippen LogP contribution in [0.5, 0.6) is 0 Å². The molecule has 3 heteroatoms. The third kappa shape index (κ3) is 3.58. The first-order chi connectivity index (χ1) is 10.7. The van der Waals surface area contributed by atoms with Gasteiger partial charge in [-0.15, -0.1) is 0 Å². The molecule has 22 heavy (non-hydrogen) atoms. The summed E-state index contributed by atoms with van der Waals surface area (Å²) in [7, 11) is 2.25. The van der Waals surface area contributed by atoms with Crippen LogP contribution >= 0.6 is 0 Å². The van der Waals surface area contributed by atoms with Gasteiger partial charge in [0.15, 0.2) is 0 Å². The Morgan fingerprint density at radius 1 is 1.09 bits per heavy atom. The third-order valence-corrected chi connectivity index (χ3v) is 5.28. The number of benzene rings is 1. The van der Waals surface area contributed by atoms with Crippen LogP contribution in [0.4, 0.5) is 4.39 Å². The molecule has 1 saturated heterocycles. The van der Waals surface area contributed by atoms with Crippen LogP contribution in [0.15, 0.2) is 30.3 Å². The minimum absolute atomic E-state index is 0.169. The summed E-state index contributed by atoms with van der Waals surface area (Å²) in [6.07, 6.45) is 11.2. The van der Waals surface area contributed by atoms with E-state index in [2.05, 4.69) is 29.0 Å². The Morgan fingerprint density at radius 2 is 1.82 bits per heavy atom. The van der Waals surface area contributed by atoms with Crippen LogP contribution in [0.1, 0.15) is 37.7 Å². The van der Waals surface area contributed by atoms with Crippen LogP contribution < -0.4 is 0 Å². The Balaban J connectivity index is 1.65. The van der Waals surface area contributed by atoms with Crippen LogP contribution in [-0.4, -0.2) is 48.6 Å². The predicted molar refractivity (Wildman–Crippen MR) is 90.3 cm³/mol. The number of likely N-dealkylation sites (N-methyl/N-ethyl adjacent to an activating group) is 1. The monoisotopic (exact) mass is 302 g/mol. The number of nitrogens with zero attached hydrogens (tertiary/aromatic N) is 2. The van der Waals surface area contributed by atoms with Gasteiger partial charge in [0.05, 0.1) is 0 Å². The van der Waals surface area contributed by atoms with E-state index in [4.69, 9.17) is 0 Å². The minimum Gasteiger partial charge on any atom is -0.303 e. The fourth-order valence-electron chi connectivity index (χ4n) is 4.07. The second-order valence-electron chi connectivity index (χ2n) is 6.92. The van der Waals surface area contributed by atoms with Crippen LogP contribution in [0.25, 0.3) is 6.08 Å². The normalized spacial score (nSPS) is 23.4. The van der Waals surface area contributed by atoms with Crippen LogP contribution in [0.3, 0.4) is 0 Å². The number of halogens is 1. The largest absolute Gasteiger partial charge is 0.303 e. The zero-order valence-corrected chi connectivity index (χ0v) is 13.6. The van der Waals surface area contributed by atoms with Crippen molar-refractivity contribution in [3.63, 3.8) is 0 Å². The molecule has 0 N–H and O–H groups in total. The first-order valence-electron chi connectivity index (χ1n) is 8.54. The summed E-state index contributed by atoms with van der Waals surface area (Å²) >= 11 is 0. The van der Waals surface area contributed by atoms with Crippen molar-refractivity contribution in [3.05, 3.63) is 41.7 Å². The second-order valence-corrected chi connectivity index (χ2v) is 6.92. The van der Waals surface area contributed by atoms with E-state index in [1.807, 2.05) is 12.1 Å². The minimum atomic E-state index is -0.169. The van der Waals surface area contributed by atoms with Gasteiger partial charge in [-0.05, 0) is 37.6 Å². The van der Waals surface area contributed by atoms with Crippen molar-refractivity contribution in [1.82, 2.24) is 9.80 Å². The Morgan fingerprint density at radius 3 is 2.55 bits per heavy atom. The molecule has 120 valence electrons. The Labute approximate surface area is 133 Å². The fourth-order valence-corrected chi connectivity index (χ4v) is 4.07. The molecule has 0 unspecified atom stereocenters. The van der Waals surface area contributed by atoms with Gasteiger partial charge in [-0.1, -0.05) is 43.5 Å². The van der Waals surface area contributed by atoms with Crippen molar-refractivity contribution in [2.24, 2.45) is 0 Å². The summed E-state index contributed by atoms with van der Waals surface area (Å²) in [4.78, 5) is 5.18. The van der Waals surface area contributed by atoms with E-state index < -0.39 is 0 Å². The average molecular weight is 302 g/mol. The molecule has 1 saturated carbocycles. The van der Waals surface area contributed by atoms with E-state index in [0.717, 1.165) is 25.2 Å². The Bertz CT molecular complexity index is 503. The van der Waals surface area contributed by atoms with Crippen LogP contribution in [0, 0.1) is 5.82 Å². The van der Waals surface area contributed by atoms with E-state index in [1.165, 1.54) is 50.8 Å². The maximum atomic E-state index is 12.9. The van der Waals surface area contributed by atoms with E-state index in [-0.39, 0.29) is 5.82 Å². The molecule has 0 bridgehead atoms. The highest BCUT2D eigenvalue weighted by Gasteiger charge is 2.40. The van der Waals surface area contributed by atoms with Gasteiger partial charge >= 0.3 is 0 Å². The summed E-state index contributed by atoms with van der Waals surface area (Å²) < 4.78 is 12.9. The van der Waals surface area contributed by atoms with Gasteiger partial charge < -0.3 is 4.90 Å². The number of piperazine rings is 1. The Hall–Kier alpha value is -1.19. The van der Waals surface area contributed by atoms with Crippen molar-refractivity contribution >= 4 is 6.08 Å². The molecular weight excluding hydrogens is 275 g/mol. The molecule has 0 aromatic heterocycles. The maximum Gasteiger partial charge on any atom is 0.123 e. The molecule has 1 aliphatic heterocycles. The molecule has 1 aromatic carbocycles. The van der Waals surface area contributed by atoms with Gasteiger partial charge in [0.25, 0.3) is 0 Å². The molecule has 1 aliphatic carbocycles. The van der Waals surface area contributed by atoms with Gasteiger partial charge in [0, 0.05) is 31.7 Å². The summed E-state index contributed by atoms with van der Waals surface area (Å²) in [5.41, 5.74) is 1.46. The second kappa shape index (κ2) is 6.93. The SMILES string of the molecule is CN1CCN(CC=Cc2ccc(F)cc2)C2(CCCCC2)C1. The first kappa shape index (κ1) is 15.7. The smallest absolute Gasteiger partial charge is 0.123 e. The zero-order chi connectivity index (χ0) is 15.4. The molecule has 3 rings (SSSR count). The number of rotatable bonds is 3. The van der Waals surface area contributed by atoms with E-state index in [9.17, 15) is 4.39 Å². The van der Waals surface area contributed by atoms with E-state index in [1.54, 1.807) is 0 Å². The predicted octanol–water partition coefficient (Wildman–Crippen LogP) is 3.79. The molecule has 0 amide bonds. The van der Waals surface area contributed by atoms with Crippen molar-refractivity contribution in [1.29, 1.82) is 0 Å². The number of hydrogen-bond acceptors (Lipinski definition) is 2. The van der Waals surface area contributed by atoms with Crippen molar-refractivity contribution in [2.75, 3.05) is 33.2 Å². The van der Waals surface area contributed by atoms with Crippen LogP contribution in [-0.2, 0) is 0 Å². The average Bonchev–Trinajstić information content (AvgIpc) is 2.52. The standard InChI is InChI=1S/C19H27FN2/c1-21-14-15-22(19(16-21)11-3-2-4-12-19)13-5-6-17-7-9-18(20)10-8-17/h5-10H,2-4,11-16H2,1H3. The molecule has 1 spiro atoms. The summed E-state index contributed by atoms with van der Waals surface area (Å²) in [5.74, 6) is -0.169. The summed E-state index contributed by atoms with van der Waals surface area (Å²) in [5, 5.41) is 0. The topological polar surface area (TPSA) is 6.48 Å². The summed E-state index contributed by atoms with van der Waals surface area (Å²) in [6, 6.07) is 6.73. The third-order valence-electron chi connectivity index (χ3n) is 5.28. The highest BCUT2D eigenvalue weighted by Crippen LogP contribution is 2.36. The van der Waals surface area contributed by atoms with Gasteiger partial charge in [-0.3, -0.25) is 4.90 Å². The highest BCUT2D eigenvalue weighted by molar-refractivity contribution is 5.49. The fraction of sp³-hybridized carbons (Fsp3) is 0.579. The van der Waals surface area contributed by atoms with Gasteiger partial charge in [-0.2, -0.15) is 0 Å². The molecule has 1 aromatic rings. The molecular formula is C19H27FN2. The van der Waals surface area contributed by atoms with Crippen molar-refractivity contribution in [3.8, 4) is 0 Å². The number of hydrogen-bond donors (Lipinski definition) is 0. The maximum absolute atomic E-state index is 12.9. The van der Waals surface area contributed by atoms with E-state index >= 15 is 0 Å². The Kier molecular flexibility index (Phi) is 4.94. The first-order valence-corrected chi connectivity index (χ1v) is 8.54. The lowest BCUT2D eigenvalue weighted by atomic mass is 9.78. The molecule has 0 atom stereocenters. The molecule has 2 fully saturated rings. The lowest BCUT2D eigenvalue weighted by Gasteiger charge is -2.52. The highest BCUT2D eigenvalue weighted by atomic mass is 19.1. The lowest BCUT2D eigenvalue weighted by Crippen LogP contribution is -2.62. The van der Waals surface area contributed by atoms with Crippen molar-refractivity contribution in [2.45, 2.75) is 37.6 Å².